The Morgan fingerprint density at radius 1 is 1.11 bits per heavy atom. The first-order valence-corrected chi connectivity index (χ1v) is 7.59. The molecule has 0 fully saturated rings. The minimum atomic E-state index is -0.0191. The van der Waals surface area contributed by atoms with Gasteiger partial charge < -0.3 is 0 Å². The van der Waals surface area contributed by atoms with E-state index in [4.69, 9.17) is 29.0 Å². The molecule has 2 nitrogen and oxygen atoms in total. The van der Waals surface area contributed by atoms with E-state index in [0.29, 0.717) is 6.42 Å². The second-order valence-electron chi connectivity index (χ2n) is 4.19. The number of hydrogen-bond donors (Lipinski definition) is 2. The molecule has 19 heavy (non-hydrogen) atoms. The first-order valence-electron chi connectivity index (χ1n) is 5.76. The monoisotopic (exact) mass is 406 g/mol. The van der Waals surface area contributed by atoms with E-state index in [9.17, 15) is 0 Å². The van der Waals surface area contributed by atoms with E-state index in [2.05, 4.69) is 28.0 Å². The molecule has 0 aliphatic heterocycles. The van der Waals surface area contributed by atoms with Crippen LogP contribution in [-0.2, 0) is 6.42 Å². The second-order valence-corrected chi connectivity index (χ2v) is 6.16. The number of nitrogens with one attached hydrogen (secondary N) is 1. The first-order chi connectivity index (χ1) is 9.11. The molecule has 2 rings (SSSR count). The van der Waals surface area contributed by atoms with Crippen LogP contribution in [0.2, 0.25) is 10.0 Å². The molecule has 0 amide bonds. The van der Waals surface area contributed by atoms with Crippen molar-refractivity contribution >= 4 is 45.8 Å². The van der Waals surface area contributed by atoms with Crippen LogP contribution in [0, 0.1) is 3.57 Å². The van der Waals surface area contributed by atoms with Gasteiger partial charge in [-0.2, -0.15) is 0 Å². The maximum Gasteiger partial charge on any atom is 0.0542 e. The molecule has 0 aliphatic carbocycles. The van der Waals surface area contributed by atoms with Crippen LogP contribution in [0.5, 0.6) is 0 Å². The molecule has 5 heteroatoms. The van der Waals surface area contributed by atoms with Crippen molar-refractivity contribution < 1.29 is 0 Å². The zero-order valence-corrected chi connectivity index (χ0v) is 13.7. The Balaban J connectivity index is 2.25. The Labute approximate surface area is 136 Å². The van der Waals surface area contributed by atoms with Gasteiger partial charge in [0.2, 0.25) is 0 Å². The average Bonchev–Trinajstić information content (AvgIpc) is 2.41. The summed E-state index contributed by atoms with van der Waals surface area (Å²) >= 11 is 14.5. The number of rotatable bonds is 4. The number of nitrogens with two attached hydrogens (primary N) is 1. The van der Waals surface area contributed by atoms with E-state index in [1.54, 1.807) is 0 Å². The summed E-state index contributed by atoms with van der Waals surface area (Å²) in [6.07, 6.45) is 0.715. The summed E-state index contributed by atoms with van der Waals surface area (Å²) in [5.41, 5.74) is 4.93. The van der Waals surface area contributed by atoms with Crippen LogP contribution in [0.3, 0.4) is 0 Å². The van der Waals surface area contributed by atoms with Crippen LogP contribution in [0.1, 0.15) is 17.2 Å². The lowest BCUT2D eigenvalue weighted by molar-refractivity contribution is 0.552. The van der Waals surface area contributed by atoms with E-state index < -0.39 is 0 Å². The van der Waals surface area contributed by atoms with Gasteiger partial charge in [-0.15, -0.1) is 0 Å². The van der Waals surface area contributed by atoms with E-state index >= 15 is 0 Å². The van der Waals surface area contributed by atoms with Crippen molar-refractivity contribution in [1.82, 2.24) is 5.43 Å². The molecule has 2 aromatic rings. The molecular weight excluding hydrogens is 394 g/mol. The van der Waals surface area contributed by atoms with Crippen molar-refractivity contribution in [2.75, 3.05) is 0 Å². The zero-order valence-electron chi connectivity index (χ0n) is 10.0. The van der Waals surface area contributed by atoms with Gasteiger partial charge in [0.05, 0.1) is 11.1 Å². The van der Waals surface area contributed by atoms with Crippen molar-refractivity contribution in [3.05, 3.63) is 67.2 Å². The summed E-state index contributed by atoms with van der Waals surface area (Å²) in [6.45, 7) is 0. The third kappa shape index (κ3) is 3.83. The summed E-state index contributed by atoms with van der Waals surface area (Å²) in [5.74, 6) is 5.65. The van der Waals surface area contributed by atoms with Gasteiger partial charge in [0.15, 0.2) is 0 Å². The summed E-state index contributed by atoms with van der Waals surface area (Å²) in [4.78, 5) is 0. The van der Waals surface area contributed by atoms with Gasteiger partial charge in [0.25, 0.3) is 0 Å². The van der Waals surface area contributed by atoms with Crippen molar-refractivity contribution in [2.45, 2.75) is 12.5 Å². The van der Waals surface area contributed by atoms with Gasteiger partial charge >= 0.3 is 0 Å². The average molecular weight is 407 g/mol. The molecular formula is C14H13Cl2IN2. The Bertz CT molecular complexity index is 575. The zero-order chi connectivity index (χ0) is 13.8. The van der Waals surface area contributed by atoms with Gasteiger partial charge in [-0.25, -0.2) is 0 Å². The normalized spacial score (nSPS) is 12.4. The predicted octanol–water partition coefficient (Wildman–Crippen LogP) is 4.35. The molecule has 0 aromatic heterocycles. The molecule has 100 valence electrons. The number of benzene rings is 2. The molecule has 0 saturated carbocycles. The van der Waals surface area contributed by atoms with Crippen molar-refractivity contribution in [2.24, 2.45) is 5.84 Å². The van der Waals surface area contributed by atoms with Crippen LogP contribution >= 0.6 is 45.8 Å². The molecule has 0 bridgehead atoms. The van der Waals surface area contributed by atoms with Crippen molar-refractivity contribution in [3.8, 4) is 0 Å². The lowest BCUT2D eigenvalue weighted by Gasteiger charge is -2.17. The van der Waals surface area contributed by atoms with Crippen LogP contribution < -0.4 is 11.3 Å². The van der Waals surface area contributed by atoms with Gasteiger partial charge in [-0.05, 0) is 58.3 Å². The van der Waals surface area contributed by atoms with Gasteiger partial charge in [-0.1, -0.05) is 47.5 Å². The van der Waals surface area contributed by atoms with Crippen LogP contribution in [0.15, 0.2) is 42.5 Å². The second kappa shape index (κ2) is 6.90. The van der Waals surface area contributed by atoms with Gasteiger partial charge in [0.1, 0.15) is 0 Å². The minimum Gasteiger partial charge on any atom is -0.271 e. The molecule has 0 spiro atoms. The quantitative estimate of drug-likeness (QED) is 0.450. The Hall–Kier alpha value is -0.330. The van der Waals surface area contributed by atoms with Crippen molar-refractivity contribution in [3.63, 3.8) is 0 Å². The largest absolute Gasteiger partial charge is 0.271 e. The fourth-order valence-corrected chi connectivity index (χ4v) is 2.62. The first kappa shape index (κ1) is 15.1. The third-order valence-corrected chi connectivity index (χ3v) is 4.87. The number of hydrazine groups is 1. The van der Waals surface area contributed by atoms with Crippen LogP contribution in [0.4, 0.5) is 0 Å². The van der Waals surface area contributed by atoms with Crippen LogP contribution in [-0.4, -0.2) is 0 Å². The highest BCUT2D eigenvalue weighted by Crippen LogP contribution is 2.26. The van der Waals surface area contributed by atoms with E-state index in [1.807, 2.05) is 42.5 Å². The summed E-state index contributed by atoms with van der Waals surface area (Å²) in [5, 5.41) is 1.48. The Kier molecular flexibility index (Phi) is 5.47. The highest BCUT2D eigenvalue weighted by Gasteiger charge is 2.13. The van der Waals surface area contributed by atoms with E-state index in [1.165, 1.54) is 0 Å². The topological polar surface area (TPSA) is 38.0 Å². The third-order valence-electron chi connectivity index (χ3n) is 2.93. The van der Waals surface area contributed by atoms with Crippen molar-refractivity contribution in [1.29, 1.82) is 0 Å². The molecule has 0 aliphatic rings. The molecule has 0 saturated heterocycles. The molecule has 0 heterocycles. The molecule has 2 aromatic carbocycles. The number of halogens is 3. The molecule has 1 atom stereocenters. The summed E-state index contributed by atoms with van der Waals surface area (Å²) < 4.78 is 1.02. The standard InChI is InChI=1S/C14H13Cl2IN2/c15-11-4-2-1-3-9(11)8-14(19-18)10-5-6-13(17)12(16)7-10/h1-7,14,19H,8,18H2. The Morgan fingerprint density at radius 3 is 2.47 bits per heavy atom. The summed E-state index contributed by atoms with van der Waals surface area (Å²) in [6, 6.07) is 13.7. The van der Waals surface area contributed by atoms with E-state index in [0.717, 1.165) is 24.7 Å². The predicted molar refractivity (Wildman–Crippen MR) is 89.4 cm³/mol. The molecule has 1 unspecified atom stereocenters. The highest BCUT2D eigenvalue weighted by atomic mass is 127. The van der Waals surface area contributed by atoms with Crippen LogP contribution in [0.25, 0.3) is 0 Å². The Morgan fingerprint density at radius 2 is 1.84 bits per heavy atom. The SMILES string of the molecule is NNC(Cc1ccccc1Cl)c1ccc(I)c(Cl)c1. The molecule has 0 radical (unpaired) electrons. The maximum absolute atomic E-state index is 6.17. The molecule has 3 N–H and O–H groups in total. The maximum atomic E-state index is 6.17. The minimum absolute atomic E-state index is 0.0191. The van der Waals surface area contributed by atoms with E-state index in [-0.39, 0.29) is 6.04 Å². The van der Waals surface area contributed by atoms with Gasteiger partial charge in [0, 0.05) is 8.59 Å². The highest BCUT2D eigenvalue weighted by molar-refractivity contribution is 14.1. The fraction of sp³-hybridized carbons (Fsp3) is 0.143. The fourth-order valence-electron chi connectivity index (χ4n) is 1.89. The van der Waals surface area contributed by atoms with Gasteiger partial charge in [-0.3, -0.25) is 11.3 Å². The number of hydrogen-bond acceptors (Lipinski definition) is 2. The smallest absolute Gasteiger partial charge is 0.0542 e. The lowest BCUT2D eigenvalue weighted by Crippen LogP contribution is -2.29. The lowest BCUT2D eigenvalue weighted by atomic mass is 9.99. The summed E-state index contributed by atoms with van der Waals surface area (Å²) in [7, 11) is 0.